The molecule has 1 aromatic heterocycles. The largest absolute Gasteiger partial charge is 0.491 e. The number of ether oxygens (including phenoxy) is 1. The van der Waals surface area contributed by atoms with E-state index in [1.807, 2.05) is 55.9 Å². The minimum absolute atomic E-state index is 0.0999. The maximum atomic E-state index is 12.5. The fourth-order valence-corrected chi connectivity index (χ4v) is 3.18. The van der Waals surface area contributed by atoms with E-state index in [0.717, 1.165) is 37.2 Å². The highest BCUT2D eigenvalue weighted by molar-refractivity contribution is 5.92. The van der Waals surface area contributed by atoms with Crippen LogP contribution in [0.25, 0.3) is 0 Å². The molecule has 1 fully saturated rings. The van der Waals surface area contributed by atoms with Crippen molar-refractivity contribution in [3.8, 4) is 5.75 Å². The lowest BCUT2D eigenvalue weighted by molar-refractivity contribution is 0.0933. The minimum Gasteiger partial charge on any atom is -0.491 e. The van der Waals surface area contributed by atoms with Gasteiger partial charge in [0, 0.05) is 12.7 Å². The normalized spacial score (nSPS) is 18.5. The first-order valence-corrected chi connectivity index (χ1v) is 9.36. The molecule has 1 aliphatic heterocycles. The van der Waals surface area contributed by atoms with Gasteiger partial charge in [-0.3, -0.25) is 9.48 Å². The Morgan fingerprint density at radius 3 is 2.69 bits per heavy atom. The van der Waals surface area contributed by atoms with Gasteiger partial charge in [-0.05, 0) is 63.9 Å². The number of piperidine rings is 1. The first kappa shape index (κ1) is 18.5. The topological polar surface area (TPSA) is 68.2 Å². The first-order chi connectivity index (χ1) is 12.5. The van der Waals surface area contributed by atoms with Gasteiger partial charge in [0.25, 0.3) is 5.91 Å². The Morgan fingerprint density at radius 2 is 2.04 bits per heavy atom. The summed E-state index contributed by atoms with van der Waals surface area (Å²) in [5, 5.41) is 10.9. The average molecular weight is 356 g/mol. The molecule has 1 saturated heterocycles. The smallest absolute Gasteiger partial charge is 0.272 e. The first-order valence-electron chi connectivity index (χ1n) is 9.36. The molecule has 2 heterocycles. The Labute approximate surface area is 154 Å². The van der Waals surface area contributed by atoms with Gasteiger partial charge in [0.1, 0.15) is 11.4 Å². The van der Waals surface area contributed by atoms with Crippen LogP contribution in [0.15, 0.2) is 36.5 Å². The van der Waals surface area contributed by atoms with Crippen LogP contribution in [0.3, 0.4) is 0 Å². The van der Waals surface area contributed by atoms with Gasteiger partial charge in [0.15, 0.2) is 0 Å². The van der Waals surface area contributed by atoms with Crippen molar-refractivity contribution in [3.63, 3.8) is 0 Å². The van der Waals surface area contributed by atoms with Gasteiger partial charge in [-0.1, -0.05) is 12.1 Å². The lowest BCUT2D eigenvalue weighted by atomic mass is 10.1. The van der Waals surface area contributed by atoms with Crippen LogP contribution in [0.2, 0.25) is 0 Å². The SMILES string of the molecule is CC(C)Oc1ccc(C(C)NC(=O)c2ccn(C3CCCNC3)n2)cc1. The maximum Gasteiger partial charge on any atom is 0.272 e. The van der Waals surface area contributed by atoms with Crippen LogP contribution < -0.4 is 15.4 Å². The van der Waals surface area contributed by atoms with Crippen LogP contribution in [-0.2, 0) is 0 Å². The number of hydrogen-bond acceptors (Lipinski definition) is 4. The summed E-state index contributed by atoms with van der Waals surface area (Å²) in [6.45, 7) is 7.93. The minimum atomic E-state index is -0.150. The van der Waals surface area contributed by atoms with E-state index in [2.05, 4.69) is 15.7 Å². The molecule has 1 aliphatic rings. The van der Waals surface area contributed by atoms with Gasteiger partial charge < -0.3 is 15.4 Å². The number of carbonyl (C=O) groups excluding carboxylic acids is 1. The molecule has 1 aromatic carbocycles. The molecule has 2 unspecified atom stereocenters. The van der Waals surface area contributed by atoms with Crippen LogP contribution in [-0.4, -0.2) is 34.9 Å². The standard InChI is InChI=1S/C20H28N4O2/c1-14(2)26-18-8-6-16(7-9-18)15(3)22-20(25)19-10-12-24(23-19)17-5-4-11-21-13-17/h6-10,12,14-15,17,21H,4-5,11,13H2,1-3H3,(H,22,25). The number of hydrogen-bond donors (Lipinski definition) is 2. The van der Waals surface area contributed by atoms with Crippen LogP contribution in [0.5, 0.6) is 5.75 Å². The fourth-order valence-electron chi connectivity index (χ4n) is 3.18. The quantitative estimate of drug-likeness (QED) is 0.835. The molecule has 2 N–H and O–H groups in total. The molecule has 6 nitrogen and oxygen atoms in total. The molecule has 0 radical (unpaired) electrons. The van der Waals surface area contributed by atoms with Crippen molar-refractivity contribution >= 4 is 5.91 Å². The zero-order valence-electron chi connectivity index (χ0n) is 15.7. The van der Waals surface area contributed by atoms with E-state index < -0.39 is 0 Å². The highest BCUT2D eigenvalue weighted by Crippen LogP contribution is 2.19. The zero-order valence-corrected chi connectivity index (χ0v) is 15.7. The molecule has 2 atom stereocenters. The summed E-state index contributed by atoms with van der Waals surface area (Å²) in [5.74, 6) is 0.685. The van der Waals surface area contributed by atoms with Gasteiger partial charge in [-0.15, -0.1) is 0 Å². The van der Waals surface area contributed by atoms with Gasteiger partial charge in [-0.25, -0.2) is 0 Å². The van der Waals surface area contributed by atoms with Gasteiger partial charge in [0.05, 0.1) is 18.2 Å². The number of aromatic nitrogens is 2. The van der Waals surface area contributed by atoms with Crippen LogP contribution in [0.1, 0.15) is 61.7 Å². The molecule has 140 valence electrons. The Hall–Kier alpha value is -2.34. The van der Waals surface area contributed by atoms with Gasteiger partial charge >= 0.3 is 0 Å². The summed E-state index contributed by atoms with van der Waals surface area (Å²) < 4.78 is 7.56. The molecule has 0 aliphatic carbocycles. The van der Waals surface area contributed by atoms with E-state index in [9.17, 15) is 4.79 Å². The molecule has 3 rings (SSSR count). The highest BCUT2D eigenvalue weighted by Gasteiger charge is 2.19. The summed E-state index contributed by atoms with van der Waals surface area (Å²) in [6.07, 6.45) is 4.28. The van der Waals surface area contributed by atoms with E-state index in [4.69, 9.17) is 4.74 Å². The van der Waals surface area contributed by atoms with Crippen molar-refractivity contribution in [1.29, 1.82) is 0 Å². The lowest BCUT2D eigenvalue weighted by Crippen LogP contribution is -2.32. The second-order valence-corrected chi connectivity index (χ2v) is 7.11. The number of nitrogens with zero attached hydrogens (tertiary/aromatic N) is 2. The van der Waals surface area contributed by atoms with Crippen molar-refractivity contribution in [3.05, 3.63) is 47.8 Å². The molecule has 0 spiro atoms. The summed E-state index contributed by atoms with van der Waals surface area (Å²) in [5.41, 5.74) is 1.49. The Bertz CT molecular complexity index is 718. The Kier molecular flexibility index (Phi) is 5.93. The van der Waals surface area contributed by atoms with E-state index in [-0.39, 0.29) is 18.1 Å². The Balaban J connectivity index is 1.59. The van der Waals surface area contributed by atoms with Gasteiger partial charge in [0.2, 0.25) is 0 Å². The highest BCUT2D eigenvalue weighted by atomic mass is 16.5. The van der Waals surface area contributed by atoms with Crippen LogP contribution in [0.4, 0.5) is 0 Å². The van der Waals surface area contributed by atoms with Crippen molar-refractivity contribution in [2.75, 3.05) is 13.1 Å². The summed E-state index contributed by atoms with van der Waals surface area (Å²) in [7, 11) is 0. The molecule has 6 heteroatoms. The number of benzene rings is 1. The third kappa shape index (κ3) is 4.64. The van der Waals surface area contributed by atoms with Crippen LogP contribution >= 0.6 is 0 Å². The fraction of sp³-hybridized carbons (Fsp3) is 0.500. The van der Waals surface area contributed by atoms with Crippen molar-refractivity contribution < 1.29 is 9.53 Å². The molecular formula is C20H28N4O2. The molecule has 26 heavy (non-hydrogen) atoms. The molecular weight excluding hydrogens is 328 g/mol. The lowest BCUT2D eigenvalue weighted by Gasteiger charge is -2.22. The third-order valence-electron chi connectivity index (χ3n) is 4.59. The summed E-state index contributed by atoms with van der Waals surface area (Å²) >= 11 is 0. The zero-order chi connectivity index (χ0) is 18.5. The van der Waals surface area contributed by atoms with E-state index in [1.54, 1.807) is 6.07 Å². The van der Waals surface area contributed by atoms with Crippen LogP contribution in [0, 0.1) is 0 Å². The summed E-state index contributed by atoms with van der Waals surface area (Å²) in [6, 6.07) is 9.85. The second-order valence-electron chi connectivity index (χ2n) is 7.11. The number of carbonyl (C=O) groups is 1. The number of rotatable bonds is 6. The predicted octanol–water partition coefficient (Wildman–Crippen LogP) is 3.09. The second kappa shape index (κ2) is 8.36. The summed E-state index contributed by atoms with van der Waals surface area (Å²) in [4.78, 5) is 12.5. The van der Waals surface area contributed by atoms with E-state index in [1.165, 1.54) is 0 Å². The van der Waals surface area contributed by atoms with Crippen molar-refractivity contribution in [2.24, 2.45) is 0 Å². The van der Waals surface area contributed by atoms with Crippen molar-refractivity contribution in [2.45, 2.75) is 51.8 Å². The number of amides is 1. The van der Waals surface area contributed by atoms with Crippen molar-refractivity contribution in [1.82, 2.24) is 20.4 Å². The molecule has 1 amide bonds. The van der Waals surface area contributed by atoms with Gasteiger partial charge in [-0.2, -0.15) is 5.10 Å². The average Bonchev–Trinajstić information content (AvgIpc) is 3.13. The number of nitrogens with one attached hydrogen (secondary N) is 2. The van der Waals surface area contributed by atoms with E-state index in [0.29, 0.717) is 11.7 Å². The molecule has 2 aromatic rings. The Morgan fingerprint density at radius 1 is 1.27 bits per heavy atom. The maximum absolute atomic E-state index is 12.5. The molecule has 0 bridgehead atoms. The van der Waals surface area contributed by atoms with E-state index >= 15 is 0 Å². The predicted molar refractivity (Wildman–Crippen MR) is 101 cm³/mol. The third-order valence-corrected chi connectivity index (χ3v) is 4.59. The molecule has 0 saturated carbocycles. The monoisotopic (exact) mass is 356 g/mol.